The predicted octanol–water partition coefficient (Wildman–Crippen LogP) is 6.54. The zero-order valence-corrected chi connectivity index (χ0v) is 17.5. The molecule has 0 fully saturated rings. The van der Waals surface area contributed by atoms with Gasteiger partial charge in [-0.05, 0) is 35.7 Å². The van der Waals surface area contributed by atoms with Crippen LogP contribution in [-0.4, -0.2) is 5.97 Å². The molecule has 2 aromatic carbocycles. The molecule has 146 valence electrons. The Hall–Kier alpha value is -2.19. The van der Waals surface area contributed by atoms with Crippen molar-refractivity contribution in [3.8, 4) is 11.8 Å². The Bertz CT molecular complexity index is 885. The van der Waals surface area contributed by atoms with Crippen LogP contribution < -0.4 is 4.74 Å². The van der Waals surface area contributed by atoms with E-state index in [1.807, 2.05) is 19.9 Å². The number of hydrogen-bond acceptors (Lipinski definition) is 4. The molecular weight excluding hydrogens is 421 g/mol. The molecule has 0 N–H and O–H groups in total. The van der Waals surface area contributed by atoms with Gasteiger partial charge in [0.15, 0.2) is 0 Å². The van der Waals surface area contributed by atoms with Crippen molar-refractivity contribution in [2.45, 2.75) is 25.9 Å². The van der Waals surface area contributed by atoms with Gasteiger partial charge in [0.1, 0.15) is 22.6 Å². The highest BCUT2D eigenvalue weighted by atomic mass is 35.5. The summed E-state index contributed by atoms with van der Waals surface area (Å²) >= 11 is 17.0. The Morgan fingerprint density at radius 1 is 1.11 bits per heavy atom. The number of esters is 1. The second kappa shape index (κ2) is 10.4. The molecule has 0 radical (unpaired) electrons. The van der Waals surface area contributed by atoms with Crippen LogP contribution in [0.5, 0.6) is 5.75 Å². The number of carbonyl (C=O) groups is 1. The van der Waals surface area contributed by atoms with Crippen LogP contribution in [-0.2, 0) is 9.53 Å². The molecule has 0 saturated carbocycles. The Kier molecular flexibility index (Phi) is 8.19. The number of halogens is 3. The molecule has 0 spiro atoms. The van der Waals surface area contributed by atoms with Crippen LogP contribution in [0.2, 0.25) is 5.02 Å². The monoisotopic (exact) mass is 437 g/mol. The number of hydrogen-bond donors (Lipinski definition) is 0. The zero-order chi connectivity index (χ0) is 20.7. The molecule has 2 rings (SSSR count). The van der Waals surface area contributed by atoms with Crippen molar-refractivity contribution in [2.24, 2.45) is 5.92 Å². The van der Waals surface area contributed by atoms with E-state index in [1.165, 1.54) is 0 Å². The van der Waals surface area contributed by atoms with E-state index in [1.54, 1.807) is 48.5 Å². The van der Waals surface area contributed by atoms with Gasteiger partial charge in [-0.2, -0.15) is 5.26 Å². The number of nitriles is 1. The van der Waals surface area contributed by atoms with Gasteiger partial charge in [0.25, 0.3) is 0 Å². The number of benzene rings is 2. The normalized spacial score (nSPS) is 12.6. The van der Waals surface area contributed by atoms with Crippen molar-refractivity contribution in [2.75, 3.05) is 0 Å². The molecule has 0 aromatic heterocycles. The molecule has 0 aliphatic heterocycles. The first-order chi connectivity index (χ1) is 13.3. The van der Waals surface area contributed by atoms with E-state index in [4.69, 9.17) is 44.3 Å². The van der Waals surface area contributed by atoms with Crippen LogP contribution in [0.1, 0.15) is 37.0 Å². The summed E-state index contributed by atoms with van der Waals surface area (Å²) in [5, 5.41) is 10.1. The van der Waals surface area contributed by atoms with Gasteiger partial charge >= 0.3 is 5.97 Å². The summed E-state index contributed by atoms with van der Waals surface area (Å²) in [5.74, 6) is -0.631. The second-order valence-corrected chi connectivity index (χ2v) is 7.76. The molecule has 2 aromatic rings. The van der Waals surface area contributed by atoms with Gasteiger partial charge in [-0.15, -0.1) is 0 Å². The molecule has 0 amide bonds. The minimum Gasteiger partial charge on any atom is -0.462 e. The van der Waals surface area contributed by atoms with E-state index in [0.717, 1.165) is 11.8 Å². The number of carbonyl (C=O) groups excluding carboxylic acids is 1. The lowest BCUT2D eigenvalue weighted by Crippen LogP contribution is -2.22. The van der Waals surface area contributed by atoms with Crippen molar-refractivity contribution < 1.29 is 14.3 Å². The Morgan fingerprint density at radius 2 is 1.79 bits per heavy atom. The number of nitrogens with zero attached hydrogens (tertiary/aromatic N) is 1. The molecule has 0 heterocycles. The standard InChI is InChI=1S/C21H18Cl3NO3/c1-13(2)20(14-6-8-16(22)9-7-14)21(26)28-18(11-25)15-4-3-5-17(10-15)27-12-19(23)24/h3-10,12-13,18,20H,1-2H3/t18-,20?/m1/s1. The summed E-state index contributed by atoms with van der Waals surface area (Å²) < 4.78 is 10.8. The molecule has 4 nitrogen and oxygen atoms in total. The van der Waals surface area contributed by atoms with Gasteiger partial charge in [-0.1, -0.05) is 72.9 Å². The van der Waals surface area contributed by atoms with Crippen molar-refractivity contribution >= 4 is 40.8 Å². The summed E-state index contributed by atoms with van der Waals surface area (Å²) in [7, 11) is 0. The van der Waals surface area contributed by atoms with Crippen LogP contribution in [0.3, 0.4) is 0 Å². The molecule has 1 unspecified atom stereocenters. The summed E-state index contributed by atoms with van der Waals surface area (Å²) in [6.07, 6.45) is 0.0744. The van der Waals surface area contributed by atoms with E-state index in [2.05, 4.69) is 0 Å². The minimum absolute atomic E-state index is 0.0290. The fraction of sp³-hybridized carbons (Fsp3) is 0.238. The predicted molar refractivity (Wildman–Crippen MR) is 110 cm³/mol. The van der Waals surface area contributed by atoms with Gasteiger partial charge in [0.05, 0.1) is 5.92 Å². The molecule has 0 aliphatic carbocycles. The smallest absolute Gasteiger partial charge is 0.315 e. The molecule has 2 atom stereocenters. The topological polar surface area (TPSA) is 59.3 Å². The minimum atomic E-state index is -1.08. The largest absolute Gasteiger partial charge is 0.462 e. The maximum Gasteiger partial charge on any atom is 0.315 e. The zero-order valence-electron chi connectivity index (χ0n) is 15.2. The number of ether oxygens (including phenoxy) is 2. The maximum atomic E-state index is 12.8. The quantitative estimate of drug-likeness (QED) is 0.363. The van der Waals surface area contributed by atoms with E-state index >= 15 is 0 Å². The van der Waals surface area contributed by atoms with Gasteiger partial charge < -0.3 is 9.47 Å². The summed E-state index contributed by atoms with van der Waals surface area (Å²) in [6.45, 7) is 3.83. The first-order valence-corrected chi connectivity index (χ1v) is 9.58. The van der Waals surface area contributed by atoms with Gasteiger partial charge in [0.2, 0.25) is 6.10 Å². The lowest BCUT2D eigenvalue weighted by atomic mass is 9.88. The van der Waals surface area contributed by atoms with Gasteiger partial charge in [-0.25, -0.2) is 0 Å². The third-order valence-corrected chi connectivity index (χ3v) is 4.38. The average molecular weight is 439 g/mol. The highest BCUT2D eigenvalue weighted by molar-refractivity contribution is 6.55. The average Bonchev–Trinajstić information content (AvgIpc) is 2.66. The highest BCUT2D eigenvalue weighted by Crippen LogP contribution is 2.30. The van der Waals surface area contributed by atoms with E-state index in [9.17, 15) is 10.1 Å². The summed E-state index contributed by atoms with van der Waals surface area (Å²) in [5.41, 5.74) is 1.26. The first-order valence-electron chi connectivity index (χ1n) is 8.45. The fourth-order valence-electron chi connectivity index (χ4n) is 2.69. The van der Waals surface area contributed by atoms with Crippen LogP contribution in [0, 0.1) is 17.2 Å². The van der Waals surface area contributed by atoms with Crippen LogP contribution >= 0.6 is 34.8 Å². The third kappa shape index (κ3) is 6.17. The van der Waals surface area contributed by atoms with Crippen LogP contribution in [0.4, 0.5) is 0 Å². The molecule has 0 aliphatic rings. The van der Waals surface area contributed by atoms with E-state index in [-0.39, 0.29) is 10.4 Å². The van der Waals surface area contributed by atoms with Crippen molar-refractivity contribution in [3.05, 3.63) is 75.4 Å². The first kappa shape index (κ1) is 22.1. The van der Waals surface area contributed by atoms with Gasteiger partial charge in [-0.3, -0.25) is 4.79 Å². The van der Waals surface area contributed by atoms with Crippen molar-refractivity contribution in [1.29, 1.82) is 5.26 Å². The Balaban J connectivity index is 2.22. The summed E-state index contributed by atoms with van der Waals surface area (Å²) in [4.78, 5) is 12.8. The Morgan fingerprint density at radius 3 is 2.36 bits per heavy atom. The second-order valence-electron chi connectivity index (χ2n) is 6.32. The van der Waals surface area contributed by atoms with E-state index in [0.29, 0.717) is 16.3 Å². The molecule has 28 heavy (non-hydrogen) atoms. The molecule has 0 saturated heterocycles. The summed E-state index contributed by atoms with van der Waals surface area (Å²) in [6, 6.07) is 15.6. The van der Waals surface area contributed by atoms with Crippen LogP contribution in [0.25, 0.3) is 0 Å². The fourth-order valence-corrected chi connectivity index (χ4v) is 2.90. The molecular formula is C21H18Cl3NO3. The van der Waals surface area contributed by atoms with Gasteiger partial charge in [0, 0.05) is 10.6 Å². The van der Waals surface area contributed by atoms with Crippen molar-refractivity contribution in [3.63, 3.8) is 0 Å². The third-order valence-electron chi connectivity index (χ3n) is 3.95. The van der Waals surface area contributed by atoms with Crippen LogP contribution in [0.15, 0.2) is 59.3 Å². The lowest BCUT2D eigenvalue weighted by Gasteiger charge is -2.22. The van der Waals surface area contributed by atoms with E-state index < -0.39 is 18.0 Å². The molecule has 0 bridgehead atoms. The highest BCUT2D eigenvalue weighted by Gasteiger charge is 2.28. The SMILES string of the molecule is CC(C)C(C(=O)O[C@H](C#N)c1cccc(OC=C(Cl)Cl)c1)c1ccc(Cl)cc1. The number of rotatable bonds is 7. The maximum absolute atomic E-state index is 12.8. The van der Waals surface area contributed by atoms with Crippen molar-refractivity contribution in [1.82, 2.24) is 0 Å². The molecule has 7 heteroatoms. The lowest BCUT2D eigenvalue weighted by molar-refractivity contribution is -0.150. The Labute approximate surface area is 179 Å².